The molecule has 1 N–H and O–H groups in total. The van der Waals surface area contributed by atoms with Gasteiger partial charge in [0, 0.05) is 28.7 Å². The largest absolute Gasteiger partial charge is 0.354 e. The lowest BCUT2D eigenvalue weighted by Crippen LogP contribution is -2.49. The van der Waals surface area contributed by atoms with Crippen molar-refractivity contribution in [3.63, 3.8) is 0 Å². The summed E-state index contributed by atoms with van der Waals surface area (Å²) in [6, 6.07) is 10.8. The molecule has 1 unspecified atom stereocenters. The molecule has 0 spiro atoms. The molecule has 168 valence electrons. The third-order valence-corrected chi connectivity index (χ3v) is 5.95. The number of unbranched alkanes of at least 4 members (excludes halogenated alkanes) is 1. The lowest BCUT2D eigenvalue weighted by Gasteiger charge is -2.31. The number of hydrogen-bond acceptors (Lipinski definition) is 2. The number of amides is 2. The minimum absolute atomic E-state index is 0.126. The van der Waals surface area contributed by atoms with Crippen LogP contribution in [0.1, 0.15) is 55.4 Å². The fourth-order valence-corrected chi connectivity index (χ4v) is 4.24. The maximum Gasteiger partial charge on any atom is 0.242 e. The van der Waals surface area contributed by atoms with Crippen LogP contribution < -0.4 is 5.32 Å². The van der Waals surface area contributed by atoms with Crippen LogP contribution >= 0.6 is 23.2 Å². The normalized spacial score (nSPS) is 11.8. The second-order valence-corrected chi connectivity index (χ2v) is 8.78. The molecule has 6 heteroatoms. The van der Waals surface area contributed by atoms with Gasteiger partial charge in [-0.1, -0.05) is 78.9 Å². The van der Waals surface area contributed by atoms with E-state index in [2.05, 4.69) is 18.3 Å². The van der Waals surface area contributed by atoms with Crippen molar-refractivity contribution in [2.75, 3.05) is 6.54 Å². The predicted octanol–water partition coefficient (Wildman–Crippen LogP) is 5.88. The highest BCUT2D eigenvalue weighted by molar-refractivity contribution is 6.36. The van der Waals surface area contributed by atoms with Crippen molar-refractivity contribution < 1.29 is 9.59 Å². The van der Waals surface area contributed by atoms with Crippen molar-refractivity contribution in [3.05, 3.63) is 68.7 Å². The predicted molar refractivity (Wildman–Crippen MR) is 129 cm³/mol. The van der Waals surface area contributed by atoms with Crippen molar-refractivity contribution in [1.29, 1.82) is 0 Å². The van der Waals surface area contributed by atoms with Gasteiger partial charge in [-0.05, 0) is 44.4 Å². The summed E-state index contributed by atoms with van der Waals surface area (Å²) >= 11 is 12.8. The highest BCUT2D eigenvalue weighted by Gasteiger charge is 2.29. The Labute approximate surface area is 195 Å². The first-order valence-corrected chi connectivity index (χ1v) is 11.6. The van der Waals surface area contributed by atoms with Crippen LogP contribution in [0.5, 0.6) is 0 Å². The van der Waals surface area contributed by atoms with Crippen LogP contribution in [0.25, 0.3) is 0 Å². The SMILES string of the molecule is CCCCNC(=O)C(CC)N(Cc1c(Cl)cccc1Cl)C(=O)Cc1cc(C)cc(C)c1. The van der Waals surface area contributed by atoms with Gasteiger partial charge in [-0.15, -0.1) is 0 Å². The lowest BCUT2D eigenvalue weighted by molar-refractivity contribution is -0.140. The van der Waals surface area contributed by atoms with Gasteiger partial charge in [-0.3, -0.25) is 9.59 Å². The van der Waals surface area contributed by atoms with Gasteiger partial charge < -0.3 is 10.2 Å². The van der Waals surface area contributed by atoms with Gasteiger partial charge in [0.05, 0.1) is 6.42 Å². The first-order valence-electron chi connectivity index (χ1n) is 10.8. The van der Waals surface area contributed by atoms with Gasteiger partial charge in [0.25, 0.3) is 0 Å². The van der Waals surface area contributed by atoms with Crippen LogP contribution in [0.15, 0.2) is 36.4 Å². The Bertz CT molecular complexity index is 874. The Hall–Kier alpha value is -2.04. The molecule has 0 aliphatic rings. The number of hydrogen-bond donors (Lipinski definition) is 1. The number of rotatable bonds is 10. The van der Waals surface area contributed by atoms with Gasteiger partial charge in [0.2, 0.25) is 11.8 Å². The second-order valence-electron chi connectivity index (χ2n) is 7.96. The van der Waals surface area contributed by atoms with E-state index in [1.807, 2.05) is 32.9 Å². The number of benzene rings is 2. The Balaban J connectivity index is 2.35. The molecule has 31 heavy (non-hydrogen) atoms. The first kappa shape index (κ1) is 25.2. The number of carbonyl (C=O) groups is 2. The average molecular weight is 463 g/mol. The van der Waals surface area contributed by atoms with Crippen molar-refractivity contribution in [2.24, 2.45) is 0 Å². The quantitative estimate of drug-likeness (QED) is 0.448. The summed E-state index contributed by atoms with van der Waals surface area (Å²) in [5.74, 6) is -0.272. The molecule has 2 amide bonds. The number of carbonyl (C=O) groups excluding carboxylic acids is 2. The standard InChI is InChI=1S/C25H32Cl2N2O2/c1-5-7-11-28-25(31)23(6-2)29(16-20-21(26)9-8-10-22(20)27)24(30)15-19-13-17(3)12-18(4)14-19/h8-10,12-14,23H,5-7,11,15-16H2,1-4H3,(H,28,31). The summed E-state index contributed by atoms with van der Waals surface area (Å²) in [5, 5.41) is 3.94. The molecule has 2 rings (SSSR count). The zero-order valence-electron chi connectivity index (χ0n) is 18.8. The molecule has 0 saturated heterocycles. The molecule has 0 saturated carbocycles. The minimum atomic E-state index is -0.595. The van der Waals surface area contributed by atoms with E-state index < -0.39 is 6.04 Å². The Morgan fingerprint density at radius 2 is 1.65 bits per heavy atom. The van der Waals surface area contributed by atoms with Gasteiger partial charge in [-0.25, -0.2) is 0 Å². The third kappa shape index (κ3) is 7.26. The molecular formula is C25H32Cl2N2O2. The fraction of sp³-hybridized carbons (Fsp3) is 0.440. The maximum atomic E-state index is 13.5. The molecular weight excluding hydrogens is 431 g/mol. The summed E-state index contributed by atoms with van der Waals surface area (Å²) in [5.41, 5.74) is 3.79. The zero-order valence-corrected chi connectivity index (χ0v) is 20.3. The van der Waals surface area contributed by atoms with Crippen molar-refractivity contribution in [1.82, 2.24) is 10.2 Å². The first-order chi connectivity index (χ1) is 14.8. The van der Waals surface area contributed by atoms with Crippen LogP contribution in [0, 0.1) is 13.8 Å². The number of nitrogens with zero attached hydrogens (tertiary/aromatic N) is 1. The van der Waals surface area contributed by atoms with Crippen molar-refractivity contribution >= 4 is 35.0 Å². The van der Waals surface area contributed by atoms with E-state index in [-0.39, 0.29) is 24.8 Å². The van der Waals surface area contributed by atoms with E-state index in [1.54, 1.807) is 23.1 Å². The van der Waals surface area contributed by atoms with Crippen LogP contribution in [-0.4, -0.2) is 29.3 Å². The summed E-state index contributed by atoms with van der Waals surface area (Å²) in [6.45, 7) is 8.79. The van der Waals surface area contributed by atoms with E-state index >= 15 is 0 Å². The molecule has 2 aromatic carbocycles. The number of aryl methyl sites for hydroxylation is 2. The monoisotopic (exact) mass is 462 g/mol. The summed E-state index contributed by atoms with van der Waals surface area (Å²) < 4.78 is 0. The molecule has 4 nitrogen and oxygen atoms in total. The smallest absolute Gasteiger partial charge is 0.242 e. The molecule has 1 atom stereocenters. The highest BCUT2D eigenvalue weighted by Crippen LogP contribution is 2.27. The van der Waals surface area contributed by atoms with Crippen LogP contribution in [0.3, 0.4) is 0 Å². The van der Waals surface area contributed by atoms with Gasteiger partial charge in [0.1, 0.15) is 6.04 Å². The van der Waals surface area contributed by atoms with Crippen LogP contribution in [0.4, 0.5) is 0 Å². The van der Waals surface area contributed by atoms with Crippen LogP contribution in [0.2, 0.25) is 10.0 Å². The van der Waals surface area contributed by atoms with E-state index in [0.29, 0.717) is 28.6 Å². The molecule has 0 bridgehead atoms. The molecule has 0 aliphatic heterocycles. The second kappa shape index (κ2) is 12.1. The van der Waals surface area contributed by atoms with Gasteiger partial charge >= 0.3 is 0 Å². The maximum absolute atomic E-state index is 13.5. The van der Waals surface area contributed by atoms with E-state index in [9.17, 15) is 9.59 Å². The minimum Gasteiger partial charge on any atom is -0.354 e. The molecule has 0 fully saturated rings. The lowest BCUT2D eigenvalue weighted by atomic mass is 10.0. The van der Waals surface area contributed by atoms with E-state index in [1.165, 1.54) is 0 Å². The molecule has 0 aliphatic carbocycles. The van der Waals surface area contributed by atoms with Crippen molar-refractivity contribution in [3.8, 4) is 0 Å². The third-order valence-electron chi connectivity index (χ3n) is 5.24. The summed E-state index contributed by atoms with van der Waals surface area (Å²) in [6.07, 6.45) is 2.60. The molecule has 0 aromatic heterocycles. The summed E-state index contributed by atoms with van der Waals surface area (Å²) in [7, 11) is 0. The number of halogens is 2. The topological polar surface area (TPSA) is 49.4 Å². The molecule has 2 aromatic rings. The fourth-order valence-electron chi connectivity index (χ4n) is 3.73. The van der Waals surface area contributed by atoms with Crippen molar-refractivity contribution in [2.45, 2.75) is 66.0 Å². The van der Waals surface area contributed by atoms with Crippen LogP contribution in [-0.2, 0) is 22.6 Å². The highest BCUT2D eigenvalue weighted by atomic mass is 35.5. The van der Waals surface area contributed by atoms with Gasteiger partial charge in [-0.2, -0.15) is 0 Å². The Morgan fingerprint density at radius 1 is 1.03 bits per heavy atom. The number of nitrogens with one attached hydrogen (secondary N) is 1. The van der Waals surface area contributed by atoms with E-state index in [0.717, 1.165) is 29.5 Å². The van der Waals surface area contributed by atoms with Gasteiger partial charge in [0.15, 0.2) is 0 Å². The zero-order chi connectivity index (χ0) is 23.0. The molecule has 0 radical (unpaired) electrons. The Kier molecular flexibility index (Phi) is 9.86. The average Bonchev–Trinajstić information content (AvgIpc) is 2.69. The summed E-state index contributed by atoms with van der Waals surface area (Å²) in [4.78, 5) is 28.0. The van der Waals surface area contributed by atoms with E-state index in [4.69, 9.17) is 23.2 Å². The molecule has 0 heterocycles. The Morgan fingerprint density at radius 3 is 2.19 bits per heavy atom.